The summed E-state index contributed by atoms with van der Waals surface area (Å²) in [5, 5.41) is 6.71. The highest BCUT2D eigenvalue weighted by atomic mass is 16.2. The van der Waals surface area contributed by atoms with Gasteiger partial charge in [-0.15, -0.1) is 5.11 Å². The van der Waals surface area contributed by atoms with E-state index in [0.29, 0.717) is 11.1 Å². The van der Waals surface area contributed by atoms with Gasteiger partial charge in [0.1, 0.15) is 0 Å². The molecule has 1 aliphatic heterocycles. The van der Waals surface area contributed by atoms with Crippen LogP contribution in [0.2, 0.25) is 0 Å². The van der Waals surface area contributed by atoms with Crippen LogP contribution in [0.15, 0.2) is 45.8 Å². The standard InChI is InChI=1S/C8H4N2O2/c11-7-3-1-2-5-6(7)4-9-10-8(5)12/h1-4H. The Bertz CT molecular complexity index is 348. The van der Waals surface area contributed by atoms with Crippen LogP contribution in [0.4, 0.5) is 0 Å². The Kier molecular flexibility index (Phi) is 1.33. The number of amides is 1. The van der Waals surface area contributed by atoms with E-state index in [9.17, 15) is 9.59 Å². The van der Waals surface area contributed by atoms with Crippen molar-refractivity contribution in [1.29, 1.82) is 0 Å². The molecule has 0 aromatic rings. The highest BCUT2D eigenvalue weighted by molar-refractivity contribution is 6.18. The summed E-state index contributed by atoms with van der Waals surface area (Å²) < 4.78 is 0. The summed E-state index contributed by atoms with van der Waals surface area (Å²) in [4.78, 5) is 22.1. The summed E-state index contributed by atoms with van der Waals surface area (Å²) in [5.41, 5.74) is 0.662. The Balaban J connectivity index is 2.57. The van der Waals surface area contributed by atoms with Crippen molar-refractivity contribution < 1.29 is 9.59 Å². The van der Waals surface area contributed by atoms with E-state index in [1.54, 1.807) is 6.08 Å². The fourth-order valence-electron chi connectivity index (χ4n) is 1.06. The van der Waals surface area contributed by atoms with Crippen molar-refractivity contribution in [2.24, 2.45) is 10.2 Å². The molecule has 1 aliphatic carbocycles. The van der Waals surface area contributed by atoms with Crippen molar-refractivity contribution in [3.05, 3.63) is 35.6 Å². The quantitative estimate of drug-likeness (QED) is 0.529. The lowest BCUT2D eigenvalue weighted by Gasteiger charge is -2.09. The predicted molar refractivity (Wildman–Crippen MR) is 40.2 cm³/mol. The molecule has 0 aromatic heterocycles. The molecule has 1 amide bonds. The molecule has 0 saturated carbocycles. The molecule has 4 heteroatoms. The molecule has 0 N–H and O–H groups in total. The highest BCUT2D eigenvalue weighted by Crippen LogP contribution is 2.21. The fourth-order valence-corrected chi connectivity index (χ4v) is 1.06. The molecule has 0 unspecified atom stereocenters. The van der Waals surface area contributed by atoms with Crippen molar-refractivity contribution in [2.75, 3.05) is 0 Å². The monoisotopic (exact) mass is 160 g/mol. The molecule has 4 nitrogen and oxygen atoms in total. The Morgan fingerprint density at radius 2 is 2.00 bits per heavy atom. The van der Waals surface area contributed by atoms with E-state index in [1.165, 1.54) is 18.4 Å². The number of allylic oxidation sites excluding steroid dienone is 3. The first-order valence-electron chi connectivity index (χ1n) is 3.37. The summed E-state index contributed by atoms with van der Waals surface area (Å²) in [7, 11) is 0. The SMILES string of the molecule is O=C1C=CC=C2C(=O)N=NC=C12. The smallest absolute Gasteiger partial charge is 0.289 e. The average Bonchev–Trinajstić information content (AvgIpc) is 2.07. The first kappa shape index (κ1) is 6.84. The number of fused-ring (bicyclic) bond motifs is 1. The van der Waals surface area contributed by atoms with Gasteiger partial charge in [0.15, 0.2) is 5.78 Å². The van der Waals surface area contributed by atoms with E-state index in [-0.39, 0.29) is 5.78 Å². The minimum absolute atomic E-state index is 0.195. The largest absolute Gasteiger partial charge is 0.296 e. The van der Waals surface area contributed by atoms with Crippen LogP contribution in [-0.4, -0.2) is 11.7 Å². The normalized spacial score (nSPS) is 20.3. The zero-order valence-corrected chi connectivity index (χ0v) is 6.02. The average molecular weight is 160 g/mol. The molecule has 1 heterocycles. The fraction of sp³-hybridized carbons (Fsp3) is 0. The van der Waals surface area contributed by atoms with Crippen molar-refractivity contribution in [1.82, 2.24) is 0 Å². The highest BCUT2D eigenvalue weighted by Gasteiger charge is 2.23. The van der Waals surface area contributed by atoms with Crippen molar-refractivity contribution in [3.63, 3.8) is 0 Å². The number of hydrogen-bond donors (Lipinski definition) is 0. The molecule has 58 valence electrons. The molecule has 0 aromatic carbocycles. The molecular weight excluding hydrogens is 156 g/mol. The van der Waals surface area contributed by atoms with Gasteiger partial charge < -0.3 is 0 Å². The number of ketones is 1. The second-order valence-electron chi connectivity index (χ2n) is 2.37. The van der Waals surface area contributed by atoms with E-state index >= 15 is 0 Å². The number of nitrogens with zero attached hydrogens (tertiary/aromatic N) is 2. The van der Waals surface area contributed by atoms with Gasteiger partial charge >= 0.3 is 0 Å². The predicted octanol–water partition coefficient (Wildman–Crippen LogP) is 0.928. The van der Waals surface area contributed by atoms with Crippen LogP contribution in [0.25, 0.3) is 0 Å². The van der Waals surface area contributed by atoms with Crippen LogP contribution >= 0.6 is 0 Å². The van der Waals surface area contributed by atoms with E-state index < -0.39 is 5.91 Å². The van der Waals surface area contributed by atoms with Crippen LogP contribution in [0.1, 0.15) is 0 Å². The number of carbonyl (C=O) groups is 2. The third-order valence-electron chi connectivity index (χ3n) is 1.63. The second-order valence-corrected chi connectivity index (χ2v) is 2.37. The molecule has 2 aliphatic rings. The minimum Gasteiger partial charge on any atom is -0.289 e. The molecule has 0 bridgehead atoms. The van der Waals surface area contributed by atoms with Gasteiger partial charge in [-0.3, -0.25) is 9.59 Å². The minimum atomic E-state index is -0.454. The van der Waals surface area contributed by atoms with Crippen LogP contribution in [0.5, 0.6) is 0 Å². The van der Waals surface area contributed by atoms with E-state index in [4.69, 9.17) is 0 Å². The van der Waals surface area contributed by atoms with Gasteiger partial charge in [-0.2, -0.15) is 5.11 Å². The molecule has 0 radical (unpaired) electrons. The summed E-state index contributed by atoms with van der Waals surface area (Å²) in [6.45, 7) is 0. The summed E-state index contributed by atoms with van der Waals surface area (Å²) in [6, 6.07) is 0. The number of carbonyl (C=O) groups excluding carboxylic acids is 2. The Hall–Kier alpha value is -1.84. The van der Waals surface area contributed by atoms with Gasteiger partial charge in [0, 0.05) is 0 Å². The number of rotatable bonds is 0. The van der Waals surface area contributed by atoms with Gasteiger partial charge in [0.25, 0.3) is 5.91 Å². The third kappa shape index (κ3) is 0.852. The van der Waals surface area contributed by atoms with Crippen LogP contribution < -0.4 is 0 Å². The molecule has 2 rings (SSSR count). The van der Waals surface area contributed by atoms with Crippen molar-refractivity contribution in [3.8, 4) is 0 Å². The summed E-state index contributed by atoms with van der Waals surface area (Å²) >= 11 is 0. The molecule has 0 fully saturated rings. The van der Waals surface area contributed by atoms with E-state index in [1.807, 2.05) is 0 Å². The lowest BCUT2D eigenvalue weighted by molar-refractivity contribution is -0.116. The van der Waals surface area contributed by atoms with Gasteiger partial charge in [0.05, 0.1) is 17.3 Å². The zero-order valence-electron chi connectivity index (χ0n) is 6.02. The molecule has 0 atom stereocenters. The Labute approximate surface area is 68.0 Å². The van der Waals surface area contributed by atoms with Gasteiger partial charge in [0.2, 0.25) is 0 Å². The Morgan fingerprint density at radius 1 is 1.17 bits per heavy atom. The van der Waals surface area contributed by atoms with E-state index in [2.05, 4.69) is 10.2 Å². The topological polar surface area (TPSA) is 58.9 Å². The second kappa shape index (κ2) is 2.34. The lowest BCUT2D eigenvalue weighted by Crippen LogP contribution is -2.13. The molecule has 12 heavy (non-hydrogen) atoms. The number of hydrogen-bond acceptors (Lipinski definition) is 3. The lowest BCUT2D eigenvalue weighted by atomic mass is 9.97. The van der Waals surface area contributed by atoms with Gasteiger partial charge in [-0.1, -0.05) is 6.08 Å². The van der Waals surface area contributed by atoms with Gasteiger partial charge in [-0.05, 0) is 12.2 Å². The zero-order chi connectivity index (χ0) is 8.55. The maximum atomic E-state index is 11.1. The first-order chi connectivity index (χ1) is 5.79. The number of azo groups is 1. The molecule has 0 saturated heterocycles. The maximum Gasteiger partial charge on any atom is 0.296 e. The van der Waals surface area contributed by atoms with Gasteiger partial charge in [-0.25, -0.2) is 0 Å². The molecular formula is C8H4N2O2. The first-order valence-corrected chi connectivity index (χ1v) is 3.37. The van der Waals surface area contributed by atoms with Crippen LogP contribution in [0.3, 0.4) is 0 Å². The van der Waals surface area contributed by atoms with E-state index in [0.717, 1.165) is 0 Å². The Morgan fingerprint density at radius 3 is 2.75 bits per heavy atom. The maximum absolute atomic E-state index is 11.1. The van der Waals surface area contributed by atoms with Crippen LogP contribution in [0, 0.1) is 0 Å². The summed E-state index contributed by atoms with van der Waals surface area (Å²) in [6.07, 6.45) is 5.80. The molecule has 0 spiro atoms. The summed E-state index contributed by atoms with van der Waals surface area (Å²) in [5.74, 6) is -0.648. The van der Waals surface area contributed by atoms with Crippen molar-refractivity contribution >= 4 is 11.7 Å². The third-order valence-corrected chi connectivity index (χ3v) is 1.63. The van der Waals surface area contributed by atoms with Crippen molar-refractivity contribution in [2.45, 2.75) is 0 Å². The van der Waals surface area contributed by atoms with Crippen LogP contribution in [-0.2, 0) is 9.59 Å².